The van der Waals surface area contributed by atoms with E-state index in [-0.39, 0.29) is 16.7 Å². The van der Waals surface area contributed by atoms with Gasteiger partial charge in [0.15, 0.2) is 16.9 Å². The Kier molecular flexibility index (Phi) is 16.2. The Bertz CT molecular complexity index is 2490. The van der Waals surface area contributed by atoms with E-state index in [2.05, 4.69) is 147 Å². The zero-order chi connectivity index (χ0) is 37.4. The lowest BCUT2D eigenvalue weighted by Crippen LogP contribution is -2.45. The molecule has 1 amide bonds. The molecule has 5 nitrogen and oxygen atoms in total. The summed E-state index contributed by atoms with van der Waals surface area (Å²) < 4.78 is 39.5. The molecule has 0 aromatic heterocycles. The molecule has 3 rings (SSSR count). The van der Waals surface area contributed by atoms with Gasteiger partial charge < -0.3 is 4.90 Å². The van der Waals surface area contributed by atoms with Gasteiger partial charge in [0.2, 0.25) is 0 Å². The zero-order valence-corrected chi connectivity index (χ0v) is 27.6. The van der Waals surface area contributed by atoms with Crippen molar-refractivity contribution in [2.45, 2.75) is 44.3 Å². The molecule has 0 atom stereocenters. The van der Waals surface area contributed by atoms with E-state index in [1.54, 1.807) is 24.9 Å². The maximum Gasteiger partial charge on any atom is 0.407 e. The van der Waals surface area contributed by atoms with Gasteiger partial charge in [0.05, 0.1) is 12.1 Å². The smallest absolute Gasteiger partial charge is 0.337 e. The second kappa shape index (κ2) is 21.0. The van der Waals surface area contributed by atoms with Gasteiger partial charge in [-0.15, -0.1) is 0 Å². The number of rotatable bonds is 1. The van der Waals surface area contributed by atoms with Crippen LogP contribution < -0.4 is 4.90 Å². The predicted molar refractivity (Wildman–Crippen MR) is 191 cm³/mol. The number of thiocarbonyl (C=S) groups is 1. The summed E-state index contributed by atoms with van der Waals surface area (Å²) in [5.41, 5.74) is -2.23. The first-order chi connectivity index (χ1) is 24.6. The Hall–Kier alpha value is -7.93. The summed E-state index contributed by atoms with van der Waals surface area (Å²) >= 11 is 5.32. The number of nitrogens with zero attached hydrogens (tertiary/aromatic N) is 4. The lowest BCUT2D eigenvalue weighted by molar-refractivity contribution is -0.136. The number of likely N-dealkylation sites (N-methyl/N-ethyl adjacent to an activating group) is 1. The van der Waals surface area contributed by atoms with E-state index in [1.165, 1.54) is 11.0 Å². The van der Waals surface area contributed by atoms with Gasteiger partial charge in [-0.25, -0.2) is 4.85 Å². The Balaban J connectivity index is 0.000000355. The van der Waals surface area contributed by atoms with Crippen molar-refractivity contribution in [1.29, 1.82) is 5.26 Å². The van der Waals surface area contributed by atoms with Crippen molar-refractivity contribution in [1.82, 2.24) is 4.90 Å². The summed E-state index contributed by atoms with van der Waals surface area (Å²) in [6, 6.07) is 4.88. The molecule has 1 aliphatic heterocycles. The fourth-order valence-corrected chi connectivity index (χ4v) is 4.61. The van der Waals surface area contributed by atoms with Crippen LogP contribution in [-0.4, -0.2) is 28.5 Å². The van der Waals surface area contributed by atoms with Crippen LogP contribution in [0.3, 0.4) is 0 Å². The van der Waals surface area contributed by atoms with Crippen molar-refractivity contribution >= 4 is 34.6 Å². The Labute approximate surface area is 301 Å². The molecule has 1 saturated heterocycles. The maximum absolute atomic E-state index is 13.2. The number of hydrogen-bond acceptors (Lipinski definition) is 3. The lowest BCUT2D eigenvalue weighted by Gasteiger charge is -2.28. The highest BCUT2D eigenvalue weighted by Crippen LogP contribution is 2.44. The van der Waals surface area contributed by atoms with Gasteiger partial charge in [-0.05, 0) is 91.5 Å². The van der Waals surface area contributed by atoms with Gasteiger partial charge in [0.25, 0.3) is 5.91 Å². The summed E-state index contributed by atoms with van der Waals surface area (Å²) in [5.74, 6) is 58.8. The first kappa shape index (κ1) is 39.2. The molecule has 0 bridgehead atoms. The standard InChI is InChI=1S/C26H3N.C16H14F3N3OS/c1-2-3-4-5-6-7-8-9-10-11-12-13-14-15-16-17-18-19-20-21-22-23-24-25-26-27;1-20-12-6-5-10(9-11(12)16(17,18)19)22-13(23)15(7-3-4-8-15)21(2)14(22)24/h1H3;5-6,9H,3-4,7-8H2,2H3. The van der Waals surface area contributed by atoms with Crippen LogP contribution in [0.25, 0.3) is 4.85 Å². The van der Waals surface area contributed by atoms with E-state index in [4.69, 9.17) is 24.1 Å². The molecule has 2 fully saturated rings. The molecule has 51 heavy (non-hydrogen) atoms. The SMILES string of the molecule is CC#CC#CC#CC#CC#CC#CC#CC#CC#CC#CC#CC#CC#N.[C-]#[N+]c1ccc(N2C(=O)C3(CCCC3)N(C)C2=S)cc1C(F)(F)F. The lowest BCUT2D eigenvalue weighted by atomic mass is 9.96. The Morgan fingerprint density at radius 1 is 0.745 bits per heavy atom. The fourth-order valence-electron chi connectivity index (χ4n) is 4.24. The molecule has 1 spiro atoms. The molecule has 9 heteroatoms. The molecular formula is C42H17F3N4OS. The number of carbonyl (C=O) groups excluding carboxylic acids is 1. The van der Waals surface area contributed by atoms with Gasteiger partial charge in [-0.2, -0.15) is 18.4 Å². The number of nitriles is 1. The molecule has 0 radical (unpaired) electrons. The molecule has 1 saturated carbocycles. The van der Waals surface area contributed by atoms with E-state index < -0.39 is 23.0 Å². The second-order valence-corrected chi connectivity index (χ2v) is 9.63. The molecule has 0 unspecified atom stereocenters. The van der Waals surface area contributed by atoms with E-state index >= 15 is 0 Å². The highest BCUT2D eigenvalue weighted by molar-refractivity contribution is 7.80. The van der Waals surface area contributed by atoms with Crippen molar-refractivity contribution in [3.8, 4) is 148 Å². The zero-order valence-electron chi connectivity index (χ0n) is 26.8. The van der Waals surface area contributed by atoms with Gasteiger partial charge in [0.1, 0.15) is 5.54 Å². The number of hydrogen-bond donors (Lipinski definition) is 0. The van der Waals surface area contributed by atoms with Crippen LogP contribution in [0.4, 0.5) is 24.5 Å². The van der Waals surface area contributed by atoms with E-state index in [0.29, 0.717) is 12.8 Å². The van der Waals surface area contributed by atoms with Crippen LogP contribution in [0.2, 0.25) is 0 Å². The summed E-state index contributed by atoms with van der Waals surface area (Å²) in [7, 11) is 1.71. The topological polar surface area (TPSA) is 51.7 Å². The third kappa shape index (κ3) is 12.3. The van der Waals surface area contributed by atoms with Crippen molar-refractivity contribution in [3.63, 3.8) is 0 Å². The highest BCUT2D eigenvalue weighted by atomic mass is 32.1. The summed E-state index contributed by atoms with van der Waals surface area (Å²) in [4.78, 5) is 18.7. The third-order valence-corrected chi connectivity index (χ3v) is 6.83. The van der Waals surface area contributed by atoms with Crippen LogP contribution in [0.1, 0.15) is 38.2 Å². The number of anilines is 1. The first-order valence-electron chi connectivity index (χ1n) is 14.2. The Morgan fingerprint density at radius 2 is 1.14 bits per heavy atom. The second-order valence-electron chi connectivity index (χ2n) is 9.27. The average Bonchev–Trinajstić information content (AvgIpc) is 3.69. The van der Waals surface area contributed by atoms with E-state index in [0.717, 1.165) is 25.0 Å². The van der Waals surface area contributed by atoms with Crippen molar-refractivity contribution < 1.29 is 18.0 Å². The molecule has 0 N–H and O–H groups in total. The predicted octanol–water partition coefficient (Wildman–Crippen LogP) is 4.70. The summed E-state index contributed by atoms with van der Waals surface area (Å²) in [6.07, 6.45) is -1.61. The quantitative estimate of drug-likeness (QED) is 0.245. The fraction of sp³-hybridized carbons (Fsp3) is 0.190. The van der Waals surface area contributed by atoms with E-state index in [1.807, 2.05) is 0 Å². The minimum Gasteiger partial charge on any atom is -0.337 e. The number of alkyl halides is 3. The third-order valence-electron chi connectivity index (χ3n) is 6.37. The highest BCUT2D eigenvalue weighted by Gasteiger charge is 2.55. The van der Waals surface area contributed by atoms with Crippen LogP contribution in [0.5, 0.6) is 0 Å². The molecule has 1 aliphatic carbocycles. The van der Waals surface area contributed by atoms with Crippen molar-refractivity contribution in [2.24, 2.45) is 0 Å². The normalized spacial score (nSPS) is 11.5. The van der Waals surface area contributed by atoms with Crippen LogP contribution in [0.15, 0.2) is 18.2 Å². The number of benzene rings is 1. The van der Waals surface area contributed by atoms with Gasteiger partial charge in [0, 0.05) is 102 Å². The van der Waals surface area contributed by atoms with E-state index in [9.17, 15) is 18.0 Å². The number of carbonyl (C=O) groups is 1. The minimum absolute atomic E-state index is 0.0559. The van der Waals surface area contributed by atoms with Gasteiger partial charge >= 0.3 is 6.18 Å². The van der Waals surface area contributed by atoms with Gasteiger partial charge in [-0.1, -0.05) is 24.8 Å². The summed E-state index contributed by atoms with van der Waals surface area (Å²) in [5, 5.41) is 8.33. The Morgan fingerprint density at radius 3 is 1.49 bits per heavy atom. The van der Waals surface area contributed by atoms with Crippen LogP contribution in [0, 0.1) is 160 Å². The van der Waals surface area contributed by atoms with Crippen LogP contribution in [-0.2, 0) is 11.0 Å². The molecule has 1 aromatic carbocycles. The van der Waals surface area contributed by atoms with Crippen molar-refractivity contribution in [3.05, 3.63) is 35.2 Å². The molecule has 2 aliphatic rings. The molecule has 238 valence electrons. The molecule has 1 heterocycles. The largest absolute Gasteiger partial charge is 0.407 e. The summed E-state index contributed by atoms with van der Waals surface area (Å²) in [6.45, 7) is 8.59. The average molecular weight is 683 g/mol. The minimum atomic E-state index is -4.67. The number of halogens is 3. The maximum atomic E-state index is 13.2. The van der Waals surface area contributed by atoms with Crippen LogP contribution >= 0.6 is 12.2 Å². The first-order valence-corrected chi connectivity index (χ1v) is 14.6. The number of amides is 1. The molecular weight excluding hydrogens is 666 g/mol. The molecule has 1 aromatic rings. The van der Waals surface area contributed by atoms with Crippen molar-refractivity contribution in [2.75, 3.05) is 11.9 Å². The van der Waals surface area contributed by atoms with Gasteiger partial charge in [-0.3, -0.25) is 9.69 Å². The monoisotopic (exact) mass is 682 g/mol.